The van der Waals surface area contributed by atoms with Gasteiger partial charge in [-0.15, -0.1) is 0 Å². The first kappa shape index (κ1) is 17.3. The van der Waals surface area contributed by atoms with Gasteiger partial charge in [-0.3, -0.25) is 0 Å². The van der Waals surface area contributed by atoms with Crippen LogP contribution in [0.25, 0.3) is 0 Å². The van der Waals surface area contributed by atoms with E-state index in [0.29, 0.717) is 0 Å². The first-order valence-electron chi connectivity index (χ1n) is 9.15. The van der Waals surface area contributed by atoms with E-state index in [1.807, 2.05) is 12.1 Å². The molecule has 0 atom stereocenters. The number of methoxy groups -OCH3 is 1. The Balaban J connectivity index is 1.55. The van der Waals surface area contributed by atoms with Crippen molar-refractivity contribution in [3.8, 4) is 5.75 Å². The summed E-state index contributed by atoms with van der Waals surface area (Å²) in [5.74, 6) is 2.88. The lowest BCUT2D eigenvalue weighted by molar-refractivity contribution is 0.254. The van der Waals surface area contributed by atoms with Crippen LogP contribution in [0.15, 0.2) is 24.3 Å². The minimum Gasteiger partial charge on any atom is -0.497 e. The number of rotatable bonds is 9. The van der Waals surface area contributed by atoms with Crippen LogP contribution in [-0.2, 0) is 6.42 Å². The second-order valence-electron chi connectivity index (χ2n) is 6.83. The zero-order valence-electron chi connectivity index (χ0n) is 14.4. The number of nitrogens with one attached hydrogen (secondary N) is 1. The van der Waals surface area contributed by atoms with Gasteiger partial charge in [0.1, 0.15) is 5.75 Å². The van der Waals surface area contributed by atoms with Crippen molar-refractivity contribution in [3.63, 3.8) is 0 Å². The maximum absolute atomic E-state index is 5.19. The molecule has 0 aliphatic heterocycles. The van der Waals surface area contributed by atoms with E-state index in [-0.39, 0.29) is 0 Å². The molecule has 0 spiro atoms. The average molecular weight is 303 g/mol. The SMILES string of the molecule is CCCCC1CCC(CNCCc2ccc(OC)cc2)CC1. The molecule has 1 fully saturated rings. The van der Waals surface area contributed by atoms with Gasteiger partial charge >= 0.3 is 0 Å². The van der Waals surface area contributed by atoms with E-state index < -0.39 is 0 Å². The zero-order chi connectivity index (χ0) is 15.6. The van der Waals surface area contributed by atoms with Gasteiger partial charge in [0.05, 0.1) is 7.11 Å². The Labute approximate surface area is 136 Å². The third-order valence-electron chi connectivity index (χ3n) is 5.11. The van der Waals surface area contributed by atoms with Crippen molar-refractivity contribution < 1.29 is 4.74 Å². The van der Waals surface area contributed by atoms with Crippen LogP contribution in [0.5, 0.6) is 5.75 Å². The number of hydrogen-bond donors (Lipinski definition) is 1. The van der Waals surface area contributed by atoms with Crippen molar-refractivity contribution in [1.82, 2.24) is 5.32 Å². The van der Waals surface area contributed by atoms with Crippen molar-refractivity contribution >= 4 is 0 Å². The molecule has 1 saturated carbocycles. The van der Waals surface area contributed by atoms with Gasteiger partial charge in [0.25, 0.3) is 0 Å². The molecule has 2 nitrogen and oxygen atoms in total. The third kappa shape index (κ3) is 6.00. The van der Waals surface area contributed by atoms with Crippen molar-refractivity contribution in [2.75, 3.05) is 20.2 Å². The minimum atomic E-state index is 0.911. The highest BCUT2D eigenvalue weighted by Crippen LogP contribution is 2.31. The van der Waals surface area contributed by atoms with E-state index in [4.69, 9.17) is 4.74 Å². The molecule has 0 heterocycles. The van der Waals surface area contributed by atoms with Crippen LogP contribution in [0.1, 0.15) is 57.4 Å². The monoisotopic (exact) mass is 303 g/mol. The molecular formula is C20H33NO. The molecule has 0 aromatic heterocycles. The van der Waals surface area contributed by atoms with Crippen molar-refractivity contribution in [1.29, 1.82) is 0 Å². The van der Waals surface area contributed by atoms with Crippen LogP contribution in [0.2, 0.25) is 0 Å². The molecule has 0 radical (unpaired) electrons. The van der Waals surface area contributed by atoms with E-state index in [0.717, 1.165) is 30.6 Å². The number of hydrogen-bond acceptors (Lipinski definition) is 2. The van der Waals surface area contributed by atoms with Gasteiger partial charge in [-0.2, -0.15) is 0 Å². The lowest BCUT2D eigenvalue weighted by Gasteiger charge is -2.28. The Morgan fingerprint density at radius 1 is 1.05 bits per heavy atom. The summed E-state index contributed by atoms with van der Waals surface area (Å²) in [6.07, 6.45) is 11.1. The van der Waals surface area contributed by atoms with E-state index in [1.54, 1.807) is 7.11 Å². The summed E-state index contributed by atoms with van der Waals surface area (Å²) in [4.78, 5) is 0. The smallest absolute Gasteiger partial charge is 0.118 e. The first-order chi connectivity index (χ1) is 10.8. The molecule has 0 saturated heterocycles. The largest absolute Gasteiger partial charge is 0.497 e. The maximum Gasteiger partial charge on any atom is 0.118 e. The highest BCUT2D eigenvalue weighted by atomic mass is 16.5. The Bertz CT molecular complexity index is 393. The summed E-state index contributed by atoms with van der Waals surface area (Å²) < 4.78 is 5.19. The Morgan fingerprint density at radius 3 is 2.36 bits per heavy atom. The Hall–Kier alpha value is -1.02. The quantitative estimate of drug-likeness (QED) is 0.660. The second-order valence-corrected chi connectivity index (χ2v) is 6.83. The number of benzene rings is 1. The van der Waals surface area contributed by atoms with E-state index >= 15 is 0 Å². The number of unbranched alkanes of at least 4 members (excludes halogenated alkanes) is 1. The normalized spacial score (nSPS) is 21.7. The standard InChI is InChI=1S/C20H33NO/c1-3-4-5-17-6-8-19(9-7-17)16-21-15-14-18-10-12-20(22-2)13-11-18/h10-13,17,19,21H,3-9,14-16H2,1-2H3. The van der Waals surface area contributed by atoms with Gasteiger partial charge in [0.2, 0.25) is 0 Å². The summed E-state index contributed by atoms with van der Waals surface area (Å²) in [7, 11) is 1.72. The molecule has 0 unspecified atom stereocenters. The van der Waals surface area contributed by atoms with Crippen LogP contribution in [0.4, 0.5) is 0 Å². The first-order valence-corrected chi connectivity index (χ1v) is 9.15. The van der Waals surface area contributed by atoms with Gasteiger partial charge in [-0.05, 0) is 61.9 Å². The fourth-order valence-corrected chi connectivity index (χ4v) is 3.55. The van der Waals surface area contributed by atoms with Gasteiger partial charge in [-0.1, -0.05) is 51.2 Å². The summed E-state index contributed by atoms with van der Waals surface area (Å²) in [6.45, 7) is 4.59. The predicted molar refractivity (Wildman–Crippen MR) is 94.5 cm³/mol. The molecule has 1 N–H and O–H groups in total. The lowest BCUT2D eigenvalue weighted by atomic mass is 9.80. The van der Waals surface area contributed by atoms with Crippen LogP contribution in [0.3, 0.4) is 0 Å². The predicted octanol–water partition coefficient (Wildman–Crippen LogP) is 4.82. The van der Waals surface area contributed by atoms with E-state index in [2.05, 4.69) is 24.4 Å². The average Bonchev–Trinajstić information content (AvgIpc) is 2.58. The summed E-state index contributed by atoms with van der Waals surface area (Å²) in [6, 6.07) is 8.43. The molecule has 1 aromatic rings. The fraction of sp³-hybridized carbons (Fsp3) is 0.700. The van der Waals surface area contributed by atoms with E-state index in [1.165, 1.54) is 57.1 Å². The van der Waals surface area contributed by atoms with Gasteiger partial charge < -0.3 is 10.1 Å². The van der Waals surface area contributed by atoms with Crippen LogP contribution < -0.4 is 10.1 Å². The third-order valence-corrected chi connectivity index (χ3v) is 5.11. The zero-order valence-corrected chi connectivity index (χ0v) is 14.4. The molecule has 22 heavy (non-hydrogen) atoms. The van der Waals surface area contributed by atoms with Crippen LogP contribution in [0, 0.1) is 11.8 Å². The lowest BCUT2D eigenvalue weighted by Crippen LogP contribution is -2.28. The van der Waals surface area contributed by atoms with Gasteiger partial charge in [0.15, 0.2) is 0 Å². The van der Waals surface area contributed by atoms with Crippen molar-refractivity contribution in [3.05, 3.63) is 29.8 Å². The molecule has 124 valence electrons. The molecule has 0 bridgehead atoms. The van der Waals surface area contributed by atoms with E-state index in [9.17, 15) is 0 Å². The molecule has 1 aliphatic rings. The molecule has 2 heteroatoms. The van der Waals surface area contributed by atoms with Crippen molar-refractivity contribution in [2.45, 2.75) is 58.3 Å². The fourth-order valence-electron chi connectivity index (χ4n) is 3.55. The summed E-state index contributed by atoms with van der Waals surface area (Å²) in [5.41, 5.74) is 1.39. The molecule has 0 amide bonds. The molecule has 2 rings (SSSR count). The highest BCUT2D eigenvalue weighted by Gasteiger charge is 2.20. The topological polar surface area (TPSA) is 21.3 Å². The second kappa shape index (κ2) is 9.89. The van der Waals surface area contributed by atoms with Gasteiger partial charge in [-0.25, -0.2) is 0 Å². The minimum absolute atomic E-state index is 0.911. The number of ether oxygens (including phenoxy) is 1. The Kier molecular flexibility index (Phi) is 7.79. The van der Waals surface area contributed by atoms with Crippen LogP contribution in [-0.4, -0.2) is 20.2 Å². The van der Waals surface area contributed by atoms with Gasteiger partial charge in [0, 0.05) is 0 Å². The molecule has 1 aromatic carbocycles. The highest BCUT2D eigenvalue weighted by molar-refractivity contribution is 5.27. The van der Waals surface area contributed by atoms with Crippen LogP contribution >= 0.6 is 0 Å². The van der Waals surface area contributed by atoms with Crippen molar-refractivity contribution in [2.24, 2.45) is 11.8 Å². The summed E-state index contributed by atoms with van der Waals surface area (Å²) in [5, 5.41) is 3.66. The maximum atomic E-state index is 5.19. The summed E-state index contributed by atoms with van der Waals surface area (Å²) >= 11 is 0. The molecular weight excluding hydrogens is 270 g/mol. The molecule has 1 aliphatic carbocycles. The Morgan fingerprint density at radius 2 is 1.73 bits per heavy atom.